The molecule has 0 aromatic carbocycles. The van der Waals surface area contributed by atoms with Gasteiger partial charge in [0.2, 0.25) is 19.1 Å². The van der Waals surface area contributed by atoms with Gasteiger partial charge in [0.25, 0.3) is 0 Å². The van der Waals surface area contributed by atoms with Crippen LogP contribution in [0.15, 0.2) is 210 Å². The molecule has 0 amide bonds. The highest BCUT2D eigenvalue weighted by atomic mass is 35.7. The van der Waals surface area contributed by atoms with Crippen LogP contribution in [0.2, 0.25) is 0 Å². The Morgan fingerprint density at radius 1 is 0.293 bits per heavy atom. The van der Waals surface area contributed by atoms with E-state index >= 15 is 0 Å². The Labute approximate surface area is 893 Å². The number of primary sulfonamides is 1. The topological polar surface area (TPSA) is 200 Å². The number of thiol groups is 1. The van der Waals surface area contributed by atoms with Crippen molar-refractivity contribution in [3.05, 3.63) is 269 Å². The lowest BCUT2D eigenvalue weighted by Gasteiger charge is -2.40. The van der Waals surface area contributed by atoms with E-state index < -0.39 is 34.2 Å². The summed E-state index contributed by atoms with van der Waals surface area (Å²) in [6, 6.07) is 59.6. The molecule has 24 rings (SSSR count). The Balaban J connectivity index is 0.000000116. The second-order valence-electron chi connectivity index (χ2n) is 43.3. The number of hydrogen-bond donors (Lipinski definition) is 4. The number of halogens is 1. The van der Waals surface area contributed by atoms with Gasteiger partial charge in [-0.15, -0.1) is 136 Å². The maximum Gasteiger partial charge on any atom is 0.248 e. The molecule has 0 radical (unpaired) electrons. The van der Waals surface area contributed by atoms with Crippen LogP contribution in [-0.4, -0.2) is 172 Å². The van der Waals surface area contributed by atoms with Crippen molar-refractivity contribution < 1.29 is 27.4 Å². The first-order valence-electron chi connectivity index (χ1n) is 50.7. The Morgan fingerprint density at radius 3 is 0.664 bits per heavy atom. The molecule has 0 spiro atoms. The van der Waals surface area contributed by atoms with Crippen LogP contribution >= 0.6 is 159 Å². The minimum absolute atomic E-state index is 0. The number of sulfonamides is 1. The van der Waals surface area contributed by atoms with Crippen molar-refractivity contribution in [2.45, 2.75) is 310 Å². The molecule has 12 aromatic rings. The van der Waals surface area contributed by atoms with Gasteiger partial charge in [0.15, 0.2) is 9.49 Å². The van der Waals surface area contributed by atoms with Crippen molar-refractivity contribution in [1.82, 2.24) is 35.6 Å². The van der Waals surface area contributed by atoms with Crippen molar-refractivity contribution in [3.63, 3.8) is 0 Å². The summed E-state index contributed by atoms with van der Waals surface area (Å²) < 4.78 is 49.5. The average Bonchev–Trinajstić information content (AvgIpc) is 1.63. The molecule has 12 saturated heterocycles. The molecule has 12 atom stereocenters. The number of nitrogens with two attached hydrogens (primary N) is 1. The van der Waals surface area contributed by atoms with Gasteiger partial charge in [-0.3, -0.25) is 0 Å². The smallest absolute Gasteiger partial charge is 0.248 e. The third kappa shape index (κ3) is 22.5. The molecule has 140 heavy (non-hydrogen) atoms. The largest absolute Gasteiger partial charge is 0.412 e. The highest BCUT2D eigenvalue weighted by molar-refractivity contribution is 8.14. The van der Waals surface area contributed by atoms with Crippen LogP contribution in [0, 0.1) is 35.5 Å². The third-order valence-electron chi connectivity index (χ3n) is 35.4. The van der Waals surface area contributed by atoms with Crippen molar-refractivity contribution in [2.75, 3.05) is 42.3 Å². The van der Waals surface area contributed by atoms with E-state index in [9.17, 15) is 21.9 Å². The number of nitrogens with zero attached hydrogens (tertiary/aromatic N) is 6. The zero-order valence-corrected chi connectivity index (χ0v) is 95.6. The van der Waals surface area contributed by atoms with Gasteiger partial charge in [-0.2, -0.15) is 12.6 Å². The minimum Gasteiger partial charge on any atom is -0.412 e. The van der Waals surface area contributed by atoms with E-state index in [-0.39, 0.29) is 27.2 Å². The van der Waals surface area contributed by atoms with Crippen molar-refractivity contribution >= 4 is 178 Å². The van der Waals surface area contributed by atoms with Gasteiger partial charge in [-0.1, -0.05) is 72.8 Å². The van der Waals surface area contributed by atoms with Gasteiger partial charge in [-0.05, 0) is 422 Å². The zero-order chi connectivity index (χ0) is 95.9. The van der Waals surface area contributed by atoms with Gasteiger partial charge in [0, 0.05) is 153 Å². The molecule has 12 bridgehead atoms. The number of aliphatic hydroxyl groups is 1. The van der Waals surface area contributed by atoms with Gasteiger partial charge >= 0.3 is 0 Å². The van der Waals surface area contributed by atoms with Crippen LogP contribution in [0.3, 0.4) is 0 Å². The van der Waals surface area contributed by atoms with E-state index in [0.29, 0.717) is 54.8 Å². The number of thiophene rings is 12. The highest BCUT2D eigenvalue weighted by Gasteiger charge is 2.55. The summed E-state index contributed by atoms with van der Waals surface area (Å²) in [5.41, 5.74) is -0.368. The predicted octanol–water partition coefficient (Wildman–Crippen LogP) is 28.1. The van der Waals surface area contributed by atoms with Crippen LogP contribution in [0.4, 0.5) is 0 Å². The number of hydrogen-bond acceptors (Lipinski definition) is 25. The molecular formula is C110H147ClN8O6S15. The second kappa shape index (κ2) is 46.2. The average molecular weight is 2190 g/mol. The molecule has 12 unspecified atom stereocenters. The predicted molar refractivity (Wildman–Crippen MR) is 607 cm³/mol. The van der Waals surface area contributed by atoms with Crippen LogP contribution in [0.5, 0.6) is 0 Å². The summed E-state index contributed by atoms with van der Waals surface area (Å²) in [6.45, 7) is 4.95. The molecule has 8 N–H and O–H groups in total. The molecule has 30 heteroatoms. The normalized spacial score (nSPS) is 28.2. The number of piperidine rings is 6. The number of rotatable bonds is 26. The fraction of sp³-hybridized carbons (Fsp3) is 0.564. The van der Waals surface area contributed by atoms with E-state index in [1.54, 1.807) is 42.2 Å². The van der Waals surface area contributed by atoms with Crippen molar-refractivity contribution in [1.29, 1.82) is 0 Å². The first-order valence-corrected chi connectivity index (χ1v) is 65.6. The van der Waals surface area contributed by atoms with E-state index in [2.05, 4.69) is 226 Å². The fourth-order valence-corrected chi connectivity index (χ4v) is 44.7. The summed E-state index contributed by atoms with van der Waals surface area (Å²) in [4.78, 5) is 30.1. The molecule has 24 heterocycles. The Kier molecular flexibility index (Phi) is 35.5. The minimum atomic E-state index is -3.82. The second-order valence-corrected chi connectivity index (χ2v) is 60.0. The monoisotopic (exact) mass is 2190 g/mol. The quantitative estimate of drug-likeness (QED) is 0.0296. The molecule has 0 aliphatic carbocycles. The van der Waals surface area contributed by atoms with Crippen molar-refractivity contribution in [2.24, 2.45) is 40.6 Å². The summed E-state index contributed by atoms with van der Waals surface area (Å²) in [5.74, 6) is 3.95. The van der Waals surface area contributed by atoms with E-state index in [4.69, 9.17) is 28.5 Å². The maximum absolute atomic E-state index is 12.9. The van der Waals surface area contributed by atoms with Gasteiger partial charge in [0.05, 0.1) is 4.75 Å². The number of fused-ring (bicyclic) bond motifs is 12. The van der Waals surface area contributed by atoms with Crippen LogP contribution in [0.25, 0.3) is 0 Å². The van der Waals surface area contributed by atoms with Crippen molar-refractivity contribution in [3.8, 4) is 0 Å². The van der Waals surface area contributed by atoms with E-state index in [1.807, 2.05) is 138 Å². The van der Waals surface area contributed by atoms with Gasteiger partial charge < -0.3 is 46.1 Å². The highest BCUT2D eigenvalue weighted by Crippen LogP contribution is 2.58. The van der Waals surface area contributed by atoms with E-state index in [1.165, 1.54) is 203 Å². The molecule has 760 valence electrons. The molecule has 12 aromatic heterocycles. The lowest BCUT2D eigenvalue weighted by Crippen LogP contribution is -2.46. The van der Waals surface area contributed by atoms with Crippen LogP contribution in [-0.2, 0) is 49.7 Å². The summed E-state index contributed by atoms with van der Waals surface area (Å²) in [7, 11) is 12.3. The first-order chi connectivity index (χ1) is 66.5. The summed E-state index contributed by atoms with van der Waals surface area (Å²) >= 11 is 26.0. The van der Waals surface area contributed by atoms with Crippen LogP contribution < -0.4 is 11.3 Å². The summed E-state index contributed by atoms with van der Waals surface area (Å²) in [6.07, 6.45) is 37.0. The maximum atomic E-state index is 12.9. The molecule has 12 aliphatic heterocycles. The lowest BCUT2D eigenvalue weighted by molar-refractivity contribution is 0.0321. The third-order valence-corrected chi connectivity index (χ3v) is 53.5. The molecule has 0 saturated carbocycles. The SMILES string of the molecule is CN1C2CCC1CC(CC(C)(c1cccs1)c1cccs1)C2.CN1C2CCC1CC(CC(C)(c1cccs1)c1cccs1)C2.CN1C2CCC1CC(CC(O)(c1cccs1)c1cccs1)C2.CN1C2CCC1CC(CC(S)(c1cccs1)c1cccs1)C2.CN1C2CCC1CC(CC(c1cccs1)(c1cccs1)S(=O)(=O)Cl)C2.CN1C2CCC1CC(CC(c1cccs1)(c1cccs1)S(N)(=O)=O)C2.N.O. The zero-order valence-electron chi connectivity index (χ0n) is 82.5. The summed E-state index contributed by atoms with van der Waals surface area (Å²) in [5, 5.41) is 42.7. The molecule has 12 aliphatic rings. The molecular weight excluding hydrogens is 2050 g/mol. The van der Waals surface area contributed by atoms with Gasteiger partial charge in [0.1, 0.15) is 5.60 Å². The lowest BCUT2D eigenvalue weighted by atomic mass is 9.74. The van der Waals surface area contributed by atoms with E-state index in [0.717, 1.165) is 127 Å². The molecule has 14 nitrogen and oxygen atoms in total. The standard InChI is InChI=1S/2C19H25NS2.C18H22ClNO2S3.C18H24N2O2S3.C18H23NOS2.C18H23NS3.H3N.H2O/c2*1-19(17-5-3-9-21-17,18-6-4-10-22-18)13-14-11-15-7-8-16(12-14)20(15)2;2*1-20-14-6-7-15(20)11-13(10-14)12-18(25(19,21)22,16-4-2-8-23-16)17-5-3-9-24-17;2*1-19-14-6-7-15(19)11-13(10-14)12-18(20,16-4-2-8-21-16)17-5-3-9-22-17;;/h2*3-6,9-10,14-16H,7-8,11-13H2,1-2H3;2-5,8-9,13-15H,6-7,10-12H2,1H3;2-5,8-9,13-15H,6-7,10-12H2,1H3,(H2,19,21,22);2*2-5,8-9,13-15,20H,6-7,10-12H2,1H3;1H3;1H2. The Morgan fingerprint density at radius 2 is 0.464 bits per heavy atom. The Bertz CT molecular complexity index is 5050. The Hall–Kier alpha value is -3.46. The van der Waals surface area contributed by atoms with Crippen LogP contribution in [0.1, 0.15) is 265 Å². The first kappa shape index (κ1) is 108. The molecule has 12 fully saturated rings. The fourth-order valence-electron chi connectivity index (χ4n) is 28.1. The van der Waals surface area contributed by atoms with Gasteiger partial charge in [-0.25, -0.2) is 22.0 Å².